The van der Waals surface area contributed by atoms with Crippen LogP contribution in [0.25, 0.3) is 0 Å². The Morgan fingerprint density at radius 2 is 2.10 bits per heavy atom. The van der Waals surface area contributed by atoms with Crippen molar-refractivity contribution in [3.8, 4) is 0 Å². The Hall–Kier alpha value is -0.840. The summed E-state index contributed by atoms with van der Waals surface area (Å²) < 4.78 is 0. The molecule has 3 N–H and O–H groups in total. The monoisotopic (exact) mass is 326 g/mol. The van der Waals surface area contributed by atoms with E-state index in [0.29, 0.717) is 5.11 Å². The maximum atomic E-state index is 5.86. The largest absolute Gasteiger partial charge is 0.362 e. The fourth-order valence-corrected chi connectivity index (χ4v) is 3.20. The number of hydrogen-bond acceptors (Lipinski definition) is 1. The second kappa shape index (κ2) is 8.57. The van der Waals surface area contributed by atoms with E-state index < -0.39 is 0 Å². The lowest BCUT2D eigenvalue weighted by Gasteiger charge is -2.30. The van der Waals surface area contributed by atoms with Gasteiger partial charge in [0.25, 0.3) is 0 Å². The van der Waals surface area contributed by atoms with Gasteiger partial charge in [0.2, 0.25) is 0 Å². The van der Waals surface area contributed by atoms with E-state index in [1.54, 1.807) is 4.90 Å². The van der Waals surface area contributed by atoms with Gasteiger partial charge >= 0.3 is 0 Å². The third-order valence-electron chi connectivity index (χ3n) is 4.14. The Bertz CT molecular complexity index is 449. The lowest BCUT2D eigenvalue weighted by Crippen LogP contribution is -3.16. The molecule has 0 amide bonds. The first-order chi connectivity index (χ1) is 10.1. The van der Waals surface area contributed by atoms with E-state index in [2.05, 4.69) is 17.6 Å². The first-order valence-electron chi connectivity index (χ1n) is 7.80. The van der Waals surface area contributed by atoms with E-state index in [4.69, 9.17) is 23.8 Å². The molecule has 21 heavy (non-hydrogen) atoms. The summed E-state index contributed by atoms with van der Waals surface area (Å²) in [6, 6.07) is 8.38. The first-order valence-corrected chi connectivity index (χ1v) is 8.59. The quantitative estimate of drug-likeness (QED) is 0.573. The number of rotatable bonds is 5. The minimum atomic E-state index is 0.680. The Balaban J connectivity index is 1.61. The van der Waals surface area contributed by atoms with Crippen molar-refractivity contribution in [1.82, 2.24) is 5.32 Å². The lowest BCUT2D eigenvalue weighted by atomic mass is 10.0. The van der Waals surface area contributed by atoms with Crippen LogP contribution >= 0.6 is 23.8 Å². The molecule has 1 heterocycles. The van der Waals surface area contributed by atoms with Gasteiger partial charge in [-0.15, -0.1) is 0 Å². The zero-order valence-electron chi connectivity index (χ0n) is 12.6. The van der Waals surface area contributed by atoms with Crippen LogP contribution in [-0.4, -0.2) is 30.8 Å². The number of thiocarbonyl (C=S) groups is 1. The number of likely N-dealkylation sites (tertiary alicyclic amines) is 1. The van der Waals surface area contributed by atoms with Gasteiger partial charge in [-0.1, -0.05) is 11.6 Å². The molecule has 0 radical (unpaired) electrons. The van der Waals surface area contributed by atoms with Crippen LogP contribution in [0, 0.1) is 0 Å². The molecule has 3 nitrogen and oxygen atoms in total. The highest BCUT2D eigenvalue weighted by Gasteiger charge is 2.20. The molecule has 0 spiro atoms. The number of quaternary nitrogens is 1. The van der Waals surface area contributed by atoms with Crippen LogP contribution in [0.5, 0.6) is 0 Å². The Morgan fingerprint density at radius 3 is 2.81 bits per heavy atom. The molecule has 0 bridgehead atoms. The normalized spacial score (nSPS) is 21.8. The SMILES string of the molecule is C[C@@H]1CCCC[NH+]1CCCNC(=S)Nc1ccc(Cl)cc1. The summed E-state index contributed by atoms with van der Waals surface area (Å²) in [7, 11) is 0. The van der Waals surface area contributed by atoms with E-state index in [-0.39, 0.29) is 0 Å². The van der Waals surface area contributed by atoms with Crippen LogP contribution in [-0.2, 0) is 0 Å². The molecule has 116 valence electrons. The average Bonchev–Trinajstić information content (AvgIpc) is 2.48. The first kappa shape index (κ1) is 16.5. The van der Waals surface area contributed by atoms with Gasteiger partial charge in [0.1, 0.15) is 0 Å². The van der Waals surface area contributed by atoms with Gasteiger partial charge in [0, 0.05) is 23.7 Å². The van der Waals surface area contributed by atoms with E-state index in [9.17, 15) is 0 Å². The summed E-state index contributed by atoms with van der Waals surface area (Å²) in [6.45, 7) is 5.86. The van der Waals surface area contributed by atoms with Crippen molar-refractivity contribution in [3.63, 3.8) is 0 Å². The van der Waals surface area contributed by atoms with Gasteiger partial charge in [-0.05, 0) is 62.7 Å². The summed E-state index contributed by atoms with van der Waals surface area (Å²) in [5, 5.41) is 7.86. The van der Waals surface area contributed by atoms with Crippen molar-refractivity contribution in [2.75, 3.05) is 25.0 Å². The van der Waals surface area contributed by atoms with Crippen molar-refractivity contribution in [1.29, 1.82) is 0 Å². The summed E-state index contributed by atoms with van der Waals surface area (Å²) in [4.78, 5) is 1.75. The van der Waals surface area contributed by atoms with Gasteiger partial charge in [-0.2, -0.15) is 0 Å². The van der Waals surface area contributed by atoms with Gasteiger partial charge in [-0.25, -0.2) is 0 Å². The van der Waals surface area contributed by atoms with Crippen LogP contribution in [0.2, 0.25) is 5.02 Å². The maximum Gasteiger partial charge on any atom is 0.170 e. The summed E-state index contributed by atoms with van der Waals surface area (Å²) >= 11 is 11.2. The van der Waals surface area contributed by atoms with Crippen molar-refractivity contribution in [2.45, 2.75) is 38.6 Å². The highest BCUT2D eigenvalue weighted by atomic mass is 35.5. The molecule has 1 unspecified atom stereocenters. The molecule has 1 aliphatic rings. The second-order valence-electron chi connectivity index (χ2n) is 5.80. The predicted molar refractivity (Wildman–Crippen MR) is 94.3 cm³/mol. The highest BCUT2D eigenvalue weighted by Crippen LogP contribution is 2.13. The Kier molecular flexibility index (Phi) is 6.74. The van der Waals surface area contributed by atoms with Crippen molar-refractivity contribution in [2.24, 2.45) is 0 Å². The molecule has 0 saturated carbocycles. The average molecular weight is 327 g/mol. The molecule has 0 aliphatic carbocycles. The topological polar surface area (TPSA) is 28.5 Å². The lowest BCUT2D eigenvalue weighted by molar-refractivity contribution is -0.928. The third-order valence-corrected chi connectivity index (χ3v) is 4.64. The number of benzene rings is 1. The van der Waals surface area contributed by atoms with E-state index >= 15 is 0 Å². The molecule has 1 saturated heterocycles. The minimum Gasteiger partial charge on any atom is -0.362 e. The van der Waals surface area contributed by atoms with Crippen LogP contribution in [0.15, 0.2) is 24.3 Å². The van der Waals surface area contributed by atoms with Gasteiger partial charge in [0.15, 0.2) is 5.11 Å². The number of nitrogens with one attached hydrogen (secondary N) is 3. The van der Waals surface area contributed by atoms with Crippen LogP contribution in [0.3, 0.4) is 0 Å². The zero-order valence-corrected chi connectivity index (χ0v) is 14.2. The van der Waals surface area contributed by atoms with Crippen molar-refractivity contribution in [3.05, 3.63) is 29.3 Å². The summed E-state index contributed by atoms with van der Waals surface area (Å²) in [5.41, 5.74) is 0.965. The summed E-state index contributed by atoms with van der Waals surface area (Å²) in [5.74, 6) is 0. The number of anilines is 1. The highest BCUT2D eigenvalue weighted by molar-refractivity contribution is 7.80. The molecule has 1 aromatic carbocycles. The molecule has 2 rings (SSSR count). The number of halogens is 1. The fourth-order valence-electron chi connectivity index (χ4n) is 2.85. The zero-order chi connectivity index (χ0) is 15.1. The molecule has 1 aliphatic heterocycles. The van der Waals surface area contributed by atoms with Gasteiger partial charge in [-0.3, -0.25) is 0 Å². The third kappa shape index (κ3) is 5.81. The van der Waals surface area contributed by atoms with Crippen molar-refractivity contribution < 1.29 is 4.90 Å². The Morgan fingerprint density at radius 1 is 1.33 bits per heavy atom. The molecule has 1 aromatic rings. The number of hydrogen-bond donors (Lipinski definition) is 3. The molecule has 5 heteroatoms. The molecule has 0 aromatic heterocycles. The Labute approximate surface area is 138 Å². The molecule has 1 fully saturated rings. The van der Waals surface area contributed by atoms with Crippen molar-refractivity contribution >= 4 is 34.6 Å². The van der Waals surface area contributed by atoms with Crippen LogP contribution in [0.4, 0.5) is 5.69 Å². The van der Waals surface area contributed by atoms with Gasteiger partial charge in [0.05, 0.1) is 19.1 Å². The fraction of sp³-hybridized carbons (Fsp3) is 0.562. The van der Waals surface area contributed by atoms with E-state index in [1.165, 1.54) is 32.4 Å². The smallest absolute Gasteiger partial charge is 0.170 e. The minimum absolute atomic E-state index is 0.680. The van der Waals surface area contributed by atoms with E-state index in [1.807, 2.05) is 24.3 Å². The van der Waals surface area contributed by atoms with Crippen LogP contribution < -0.4 is 15.5 Å². The molecule has 2 atom stereocenters. The maximum absolute atomic E-state index is 5.86. The predicted octanol–water partition coefficient (Wildman–Crippen LogP) is 2.47. The summed E-state index contributed by atoms with van der Waals surface area (Å²) in [6.07, 6.45) is 5.31. The molecular formula is C16H25ClN3S+. The standard InChI is InChI=1S/C16H24ClN3S/c1-13-5-2-3-11-20(13)12-4-10-18-16(21)19-15-8-6-14(17)7-9-15/h6-9,13H,2-5,10-12H2,1H3,(H2,18,19,21)/p+1/t13-/m1/s1. The van der Waals surface area contributed by atoms with Crippen LogP contribution in [0.1, 0.15) is 32.6 Å². The molecular weight excluding hydrogens is 302 g/mol. The number of piperidine rings is 1. The van der Waals surface area contributed by atoms with E-state index in [0.717, 1.165) is 29.7 Å². The second-order valence-corrected chi connectivity index (χ2v) is 6.64. The van der Waals surface area contributed by atoms with Gasteiger partial charge < -0.3 is 15.5 Å².